The first-order valence-electron chi connectivity index (χ1n) is 9.72. The van der Waals surface area contributed by atoms with Crippen LogP contribution in [0.15, 0.2) is 4.52 Å². The fourth-order valence-corrected chi connectivity index (χ4v) is 4.74. The van der Waals surface area contributed by atoms with Gasteiger partial charge in [-0.2, -0.15) is 0 Å². The number of aliphatic hydroxyl groups is 1. The van der Waals surface area contributed by atoms with E-state index < -0.39 is 5.60 Å². The van der Waals surface area contributed by atoms with Crippen LogP contribution < -0.4 is 0 Å². The summed E-state index contributed by atoms with van der Waals surface area (Å²) in [4.78, 5) is 15.7. The minimum Gasteiger partial charge on any atom is -0.388 e. The smallest absolute Gasteiger partial charge is 0.219 e. The van der Waals surface area contributed by atoms with Crippen molar-refractivity contribution in [1.82, 2.24) is 15.0 Å². The highest BCUT2D eigenvalue weighted by molar-refractivity contribution is 5.73. The maximum absolute atomic E-state index is 11.4. The molecule has 0 unspecified atom stereocenters. The highest BCUT2D eigenvalue weighted by Crippen LogP contribution is 2.36. The number of rotatable bonds is 3. The molecule has 1 amide bonds. The number of nitrogens with zero attached hydrogens (tertiary/aromatic N) is 3. The molecule has 25 heavy (non-hydrogen) atoms. The number of likely N-dealkylation sites (tertiary alicyclic amines) is 2. The molecule has 2 aliphatic heterocycles. The van der Waals surface area contributed by atoms with Gasteiger partial charge in [0.2, 0.25) is 5.91 Å². The Morgan fingerprint density at radius 2 is 1.96 bits per heavy atom. The number of carbonyl (C=O) groups is 1. The van der Waals surface area contributed by atoms with E-state index in [1.807, 2.05) is 4.90 Å². The van der Waals surface area contributed by atoms with Crippen LogP contribution in [-0.4, -0.2) is 64.3 Å². The van der Waals surface area contributed by atoms with E-state index in [1.165, 1.54) is 17.7 Å². The molecule has 6 heteroatoms. The van der Waals surface area contributed by atoms with Gasteiger partial charge in [0.25, 0.3) is 0 Å². The number of hydrogen-bond donors (Lipinski definition) is 1. The Bertz CT molecular complexity index is 626. The fourth-order valence-electron chi connectivity index (χ4n) is 4.74. The average molecular weight is 347 g/mol. The fraction of sp³-hybridized carbons (Fsp3) is 0.789. The second-order valence-electron chi connectivity index (χ2n) is 8.11. The third kappa shape index (κ3) is 3.47. The van der Waals surface area contributed by atoms with Gasteiger partial charge in [-0.15, -0.1) is 0 Å². The van der Waals surface area contributed by atoms with Crippen molar-refractivity contribution < 1.29 is 14.4 Å². The second kappa shape index (κ2) is 6.72. The van der Waals surface area contributed by atoms with Crippen LogP contribution >= 0.6 is 0 Å². The molecule has 0 aromatic carbocycles. The van der Waals surface area contributed by atoms with Crippen molar-refractivity contribution in [1.29, 1.82) is 0 Å². The molecule has 2 fully saturated rings. The van der Waals surface area contributed by atoms with Crippen LogP contribution in [0.25, 0.3) is 0 Å². The highest BCUT2D eigenvalue weighted by Gasteiger charge is 2.36. The lowest BCUT2D eigenvalue weighted by Gasteiger charge is -2.42. The van der Waals surface area contributed by atoms with Crippen LogP contribution in [0.3, 0.4) is 0 Å². The van der Waals surface area contributed by atoms with Crippen LogP contribution in [-0.2, 0) is 17.6 Å². The van der Waals surface area contributed by atoms with Gasteiger partial charge in [0.15, 0.2) is 0 Å². The molecule has 1 aromatic rings. The van der Waals surface area contributed by atoms with Gasteiger partial charge in [0, 0.05) is 38.0 Å². The van der Waals surface area contributed by atoms with E-state index in [2.05, 4.69) is 10.1 Å². The molecular weight excluding hydrogens is 318 g/mol. The van der Waals surface area contributed by atoms with Crippen molar-refractivity contribution in [3.05, 3.63) is 17.0 Å². The van der Waals surface area contributed by atoms with E-state index in [4.69, 9.17) is 4.52 Å². The van der Waals surface area contributed by atoms with Crippen LogP contribution in [0.4, 0.5) is 0 Å². The maximum Gasteiger partial charge on any atom is 0.219 e. The summed E-state index contributed by atoms with van der Waals surface area (Å²) in [5.41, 5.74) is 1.92. The molecule has 6 nitrogen and oxygen atoms in total. The summed E-state index contributed by atoms with van der Waals surface area (Å²) in [6.07, 6.45) is 6.94. The van der Waals surface area contributed by atoms with Gasteiger partial charge in [-0.1, -0.05) is 5.16 Å². The molecule has 0 radical (unpaired) electrons. The van der Waals surface area contributed by atoms with Crippen molar-refractivity contribution in [2.24, 2.45) is 0 Å². The SMILES string of the molecule is CC(=O)N1CCC(O)(CN2CCC(c3onc4c3CCC4)CC2)CC1. The van der Waals surface area contributed by atoms with Crippen molar-refractivity contribution in [2.75, 3.05) is 32.7 Å². The van der Waals surface area contributed by atoms with Gasteiger partial charge in [-0.25, -0.2) is 0 Å². The number of amides is 1. The minimum absolute atomic E-state index is 0.113. The quantitative estimate of drug-likeness (QED) is 0.901. The predicted octanol–water partition coefficient (Wildman–Crippen LogP) is 1.72. The molecular formula is C19H29N3O3. The zero-order valence-corrected chi connectivity index (χ0v) is 15.2. The summed E-state index contributed by atoms with van der Waals surface area (Å²) in [5, 5.41) is 15.1. The average Bonchev–Trinajstić information content (AvgIpc) is 3.19. The summed E-state index contributed by atoms with van der Waals surface area (Å²) in [6, 6.07) is 0. The zero-order valence-electron chi connectivity index (χ0n) is 15.2. The third-order valence-electron chi connectivity index (χ3n) is 6.36. The summed E-state index contributed by atoms with van der Waals surface area (Å²) < 4.78 is 5.66. The van der Waals surface area contributed by atoms with Crippen molar-refractivity contribution in [2.45, 2.75) is 63.4 Å². The molecule has 1 N–H and O–H groups in total. The van der Waals surface area contributed by atoms with Gasteiger partial charge in [-0.3, -0.25) is 4.79 Å². The van der Waals surface area contributed by atoms with Crippen LogP contribution in [0.5, 0.6) is 0 Å². The Kier molecular flexibility index (Phi) is 4.58. The van der Waals surface area contributed by atoms with E-state index in [1.54, 1.807) is 6.92 Å². The number of β-amino-alcohol motifs (C(OH)–C–C–N with tert-alkyl or cyclic N) is 1. The molecule has 1 aromatic heterocycles. The van der Waals surface area contributed by atoms with Gasteiger partial charge in [0.1, 0.15) is 5.76 Å². The topological polar surface area (TPSA) is 69.8 Å². The molecule has 0 spiro atoms. The molecule has 1 aliphatic carbocycles. The van der Waals surface area contributed by atoms with Gasteiger partial charge in [0.05, 0.1) is 11.3 Å². The van der Waals surface area contributed by atoms with Crippen molar-refractivity contribution in [3.63, 3.8) is 0 Å². The van der Waals surface area contributed by atoms with Gasteiger partial charge < -0.3 is 19.4 Å². The van der Waals surface area contributed by atoms with E-state index in [0.29, 0.717) is 31.8 Å². The maximum atomic E-state index is 11.4. The number of carbonyl (C=O) groups excluding carboxylic acids is 1. The number of aromatic nitrogens is 1. The molecule has 0 bridgehead atoms. The van der Waals surface area contributed by atoms with Crippen LogP contribution in [0, 0.1) is 0 Å². The molecule has 3 heterocycles. The minimum atomic E-state index is -0.647. The summed E-state index contributed by atoms with van der Waals surface area (Å²) in [7, 11) is 0. The highest BCUT2D eigenvalue weighted by atomic mass is 16.5. The predicted molar refractivity (Wildman–Crippen MR) is 93.4 cm³/mol. The third-order valence-corrected chi connectivity index (χ3v) is 6.36. The van der Waals surface area contributed by atoms with Crippen LogP contribution in [0.2, 0.25) is 0 Å². The Balaban J connectivity index is 1.30. The van der Waals surface area contributed by atoms with Gasteiger partial charge >= 0.3 is 0 Å². The van der Waals surface area contributed by atoms with Gasteiger partial charge in [-0.05, 0) is 58.0 Å². The summed E-state index contributed by atoms with van der Waals surface area (Å²) in [5.74, 6) is 1.74. The van der Waals surface area contributed by atoms with E-state index in [0.717, 1.165) is 51.1 Å². The molecule has 0 atom stereocenters. The Morgan fingerprint density at radius 1 is 1.24 bits per heavy atom. The Labute approximate surface area is 149 Å². The number of piperidine rings is 2. The standard InChI is InChI=1S/C19H29N3O3/c1-14(23)22-11-7-19(24,8-12-22)13-21-9-5-15(6-10-21)18-16-3-2-4-17(16)20-25-18/h15,24H,2-13H2,1H3. The summed E-state index contributed by atoms with van der Waals surface area (Å²) in [6.45, 7) is 5.67. The first kappa shape index (κ1) is 17.0. The Morgan fingerprint density at radius 3 is 2.64 bits per heavy atom. The Hall–Kier alpha value is -1.40. The lowest BCUT2D eigenvalue weighted by atomic mass is 9.87. The van der Waals surface area contributed by atoms with E-state index >= 15 is 0 Å². The number of fused-ring (bicyclic) bond motifs is 1. The second-order valence-corrected chi connectivity index (χ2v) is 8.11. The zero-order chi connectivity index (χ0) is 17.4. The molecule has 138 valence electrons. The number of aryl methyl sites for hydroxylation is 1. The lowest BCUT2D eigenvalue weighted by Crippen LogP contribution is -2.52. The lowest BCUT2D eigenvalue weighted by molar-refractivity contribution is -0.133. The van der Waals surface area contributed by atoms with Crippen LogP contribution in [0.1, 0.15) is 62.0 Å². The first-order chi connectivity index (χ1) is 12.0. The van der Waals surface area contributed by atoms with Crippen molar-refractivity contribution in [3.8, 4) is 0 Å². The number of hydrogen-bond acceptors (Lipinski definition) is 5. The molecule has 2 saturated heterocycles. The molecule has 0 saturated carbocycles. The van der Waals surface area contributed by atoms with Crippen molar-refractivity contribution >= 4 is 5.91 Å². The van der Waals surface area contributed by atoms with E-state index in [9.17, 15) is 9.90 Å². The largest absolute Gasteiger partial charge is 0.388 e. The first-order valence-corrected chi connectivity index (χ1v) is 9.72. The van der Waals surface area contributed by atoms with E-state index in [-0.39, 0.29) is 5.91 Å². The molecule has 3 aliphatic rings. The monoisotopic (exact) mass is 347 g/mol. The molecule has 4 rings (SSSR count). The normalized spacial score (nSPS) is 24.5. The summed E-state index contributed by atoms with van der Waals surface area (Å²) >= 11 is 0.